The lowest BCUT2D eigenvalue weighted by molar-refractivity contribution is 0.383. The lowest BCUT2D eigenvalue weighted by Gasteiger charge is -2.24. The van der Waals surface area contributed by atoms with Crippen molar-refractivity contribution in [1.82, 2.24) is 9.55 Å². The standard InChI is InChI=1S/C23H25FN2O2/c1-27-21-11-18(12-22(13-21)28-2)23-10-17(5-8-20-14-25-15-26(20)23)9-16-3-6-19(24)7-4-16/h3-4,6-7,11-15,17,23H,5,8-10H2,1-2H3/t17-,23-/m1/s1. The van der Waals surface area contributed by atoms with Crippen LogP contribution < -0.4 is 9.47 Å². The fraction of sp³-hybridized carbons (Fsp3) is 0.348. The molecular formula is C23H25FN2O2. The summed E-state index contributed by atoms with van der Waals surface area (Å²) in [6.07, 6.45) is 7.88. The molecule has 0 fully saturated rings. The number of aromatic nitrogens is 2. The van der Waals surface area contributed by atoms with E-state index in [4.69, 9.17) is 9.47 Å². The minimum atomic E-state index is -0.187. The molecule has 1 aromatic heterocycles. The van der Waals surface area contributed by atoms with Crippen molar-refractivity contribution in [1.29, 1.82) is 0 Å². The maximum absolute atomic E-state index is 13.3. The van der Waals surface area contributed by atoms with E-state index < -0.39 is 0 Å². The average Bonchev–Trinajstić information content (AvgIpc) is 3.12. The zero-order chi connectivity index (χ0) is 19.5. The molecule has 4 nitrogen and oxygen atoms in total. The number of ether oxygens (including phenoxy) is 2. The maximum Gasteiger partial charge on any atom is 0.123 e. The molecule has 0 saturated carbocycles. The zero-order valence-electron chi connectivity index (χ0n) is 16.3. The fourth-order valence-electron chi connectivity index (χ4n) is 4.16. The molecule has 2 aromatic carbocycles. The highest BCUT2D eigenvalue weighted by Gasteiger charge is 2.26. The van der Waals surface area contributed by atoms with E-state index in [1.807, 2.05) is 30.7 Å². The Morgan fingerprint density at radius 3 is 2.46 bits per heavy atom. The summed E-state index contributed by atoms with van der Waals surface area (Å²) in [5, 5.41) is 0. The van der Waals surface area contributed by atoms with Gasteiger partial charge in [-0.3, -0.25) is 0 Å². The number of imidazole rings is 1. The van der Waals surface area contributed by atoms with Crippen molar-refractivity contribution in [3.05, 3.63) is 77.6 Å². The van der Waals surface area contributed by atoms with Gasteiger partial charge in [0.15, 0.2) is 0 Å². The van der Waals surface area contributed by atoms with Crippen LogP contribution in [0.5, 0.6) is 11.5 Å². The summed E-state index contributed by atoms with van der Waals surface area (Å²) in [5.41, 5.74) is 3.58. The molecule has 146 valence electrons. The van der Waals surface area contributed by atoms with E-state index in [1.54, 1.807) is 26.4 Å². The second-order valence-electron chi connectivity index (χ2n) is 7.43. The van der Waals surface area contributed by atoms with E-state index in [1.165, 1.54) is 11.3 Å². The Morgan fingerprint density at radius 1 is 1.07 bits per heavy atom. The van der Waals surface area contributed by atoms with Crippen molar-refractivity contribution >= 4 is 0 Å². The lowest BCUT2D eigenvalue weighted by Crippen LogP contribution is -2.14. The average molecular weight is 380 g/mol. The summed E-state index contributed by atoms with van der Waals surface area (Å²) in [4.78, 5) is 4.38. The molecule has 2 atom stereocenters. The van der Waals surface area contributed by atoms with Crippen molar-refractivity contribution in [2.24, 2.45) is 5.92 Å². The molecule has 5 heteroatoms. The number of fused-ring (bicyclic) bond motifs is 1. The molecule has 4 rings (SSSR count). The lowest BCUT2D eigenvalue weighted by atomic mass is 9.87. The molecule has 3 aromatic rings. The Balaban J connectivity index is 1.66. The monoisotopic (exact) mass is 380 g/mol. The summed E-state index contributed by atoms with van der Waals surface area (Å²) >= 11 is 0. The molecule has 28 heavy (non-hydrogen) atoms. The van der Waals surface area contributed by atoms with Gasteiger partial charge in [0, 0.05) is 18.0 Å². The number of nitrogens with zero attached hydrogens (tertiary/aromatic N) is 2. The Bertz CT molecular complexity index is 914. The van der Waals surface area contributed by atoms with Crippen LogP contribution in [-0.4, -0.2) is 23.8 Å². The number of methoxy groups -OCH3 is 2. The molecule has 0 N–H and O–H groups in total. The zero-order valence-corrected chi connectivity index (χ0v) is 16.3. The minimum absolute atomic E-state index is 0.162. The molecule has 2 heterocycles. The van der Waals surface area contributed by atoms with Gasteiger partial charge in [-0.05, 0) is 67.0 Å². The van der Waals surface area contributed by atoms with E-state index in [9.17, 15) is 4.39 Å². The predicted molar refractivity (Wildman–Crippen MR) is 106 cm³/mol. The van der Waals surface area contributed by atoms with E-state index >= 15 is 0 Å². The van der Waals surface area contributed by atoms with E-state index in [0.717, 1.165) is 42.7 Å². The number of rotatable bonds is 5. The van der Waals surface area contributed by atoms with Gasteiger partial charge in [-0.2, -0.15) is 0 Å². The topological polar surface area (TPSA) is 36.3 Å². The largest absolute Gasteiger partial charge is 0.497 e. The predicted octanol–water partition coefficient (Wildman–Crippen LogP) is 4.82. The van der Waals surface area contributed by atoms with Crippen molar-refractivity contribution in [2.45, 2.75) is 31.7 Å². The molecule has 0 bridgehead atoms. The molecule has 0 saturated heterocycles. The highest BCUT2D eigenvalue weighted by molar-refractivity contribution is 5.40. The van der Waals surface area contributed by atoms with Crippen LogP contribution >= 0.6 is 0 Å². The summed E-state index contributed by atoms with van der Waals surface area (Å²) in [6, 6.07) is 13.1. The molecule has 0 aliphatic carbocycles. The Kier molecular flexibility index (Phi) is 5.33. The summed E-state index contributed by atoms with van der Waals surface area (Å²) in [5.74, 6) is 1.88. The highest BCUT2D eigenvalue weighted by atomic mass is 19.1. The fourth-order valence-corrected chi connectivity index (χ4v) is 4.16. The number of hydrogen-bond acceptors (Lipinski definition) is 3. The first-order chi connectivity index (χ1) is 13.7. The quantitative estimate of drug-likeness (QED) is 0.636. The first kappa shape index (κ1) is 18.5. The molecule has 1 aliphatic rings. The van der Waals surface area contributed by atoms with Crippen LogP contribution in [0.4, 0.5) is 4.39 Å². The van der Waals surface area contributed by atoms with Gasteiger partial charge in [0.25, 0.3) is 0 Å². The van der Waals surface area contributed by atoms with Gasteiger partial charge in [0.1, 0.15) is 17.3 Å². The molecule has 0 radical (unpaired) electrons. The molecule has 1 aliphatic heterocycles. The van der Waals surface area contributed by atoms with Crippen molar-refractivity contribution in [3.63, 3.8) is 0 Å². The number of benzene rings is 2. The van der Waals surface area contributed by atoms with Crippen LogP contribution in [0.3, 0.4) is 0 Å². The third-order valence-corrected chi connectivity index (χ3v) is 5.64. The number of aryl methyl sites for hydroxylation is 1. The van der Waals surface area contributed by atoms with Gasteiger partial charge in [-0.1, -0.05) is 12.1 Å². The van der Waals surface area contributed by atoms with Crippen molar-refractivity contribution in [3.8, 4) is 11.5 Å². The summed E-state index contributed by atoms with van der Waals surface area (Å²) in [7, 11) is 3.34. The summed E-state index contributed by atoms with van der Waals surface area (Å²) in [6.45, 7) is 0. The third kappa shape index (κ3) is 3.88. The second-order valence-corrected chi connectivity index (χ2v) is 7.43. The van der Waals surface area contributed by atoms with Gasteiger partial charge in [-0.15, -0.1) is 0 Å². The van der Waals surface area contributed by atoms with Gasteiger partial charge in [-0.25, -0.2) is 9.37 Å². The van der Waals surface area contributed by atoms with Crippen LogP contribution in [0.15, 0.2) is 55.0 Å². The maximum atomic E-state index is 13.3. The highest BCUT2D eigenvalue weighted by Crippen LogP contribution is 2.37. The van der Waals surface area contributed by atoms with Crippen LogP contribution in [0.2, 0.25) is 0 Å². The summed E-state index contributed by atoms with van der Waals surface area (Å²) < 4.78 is 26.5. The minimum Gasteiger partial charge on any atom is -0.497 e. The first-order valence-electron chi connectivity index (χ1n) is 9.64. The van der Waals surface area contributed by atoms with Crippen molar-refractivity contribution in [2.75, 3.05) is 14.2 Å². The molecule has 0 amide bonds. The number of halogens is 1. The van der Waals surface area contributed by atoms with Crippen LogP contribution in [0, 0.1) is 11.7 Å². The van der Waals surface area contributed by atoms with E-state index in [-0.39, 0.29) is 11.9 Å². The van der Waals surface area contributed by atoms with Crippen molar-refractivity contribution < 1.29 is 13.9 Å². The van der Waals surface area contributed by atoms with Crippen LogP contribution in [-0.2, 0) is 12.8 Å². The molecule has 0 spiro atoms. The van der Waals surface area contributed by atoms with Gasteiger partial charge in [0.05, 0.1) is 26.6 Å². The van der Waals surface area contributed by atoms with Gasteiger partial charge < -0.3 is 14.0 Å². The number of hydrogen-bond donors (Lipinski definition) is 0. The van der Waals surface area contributed by atoms with Gasteiger partial charge >= 0.3 is 0 Å². The second kappa shape index (κ2) is 8.05. The Morgan fingerprint density at radius 2 is 1.79 bits per heavy atom. The van der Waals surface area contributed by atoms with Crippen LogP contribution in [0.25, 0.3) is 0 Å². The van der Waals surface area contributed by atoms with Gasteiger partial charge in [0.2, 0.25) is 0 Å². The Labute approximate surface area is 164 Å². The van der Waals surface area contributed by atoms with E-state index in [0.29, 0.717) is 5.92 Å². The third-order valence-electron chi connectivity index (χ3n) is 5.64. The molecule has 0 unspecified atom stereocenters. The molecular weight excluding hydrogens is 355 g/mol. The Hall–Kier alpha value is -2.82. The first-order valence-corrected chi connectivity index (χ1v) is 9.64. The smallest absolute Gasteiger partial charge is 0.123 e. The van der Waals surface area contributed by atoms with E-state index in [2.05, 4.69) is 21.7 Å². The SMILES string of the molecule is COc1cc(OC)cc([C@H]2C[C@@H](Cc3ccc(F)cc3)CCc3cncn32)c1. The van der Waals surface area contributed by atoms with Crippen LogP contribution in [0.1, 0.15) is 35.7 Å². The normalized spacial score (nSPS) is 19.0.